The van der Waals surface area contributed by atoms with Crippen molar-refractivity contribution in [2.45, 2.75) is 20.8 Å². The SMILES string of the molecule is CCOc1cc(C=C(CN)C(C)C)cc(Br)c1OC. The van der Waals surface area contributed by atoms with E-state index in [1.807, 2.05) is 19.1 Å². The average Bonchev–Trinajstić information content (AvgIpc) is 2.35. The van der Waals surface area contributed by atoms with Gasteiger partial charge in [-0.15, -0.1) is 0 Å². The van der Waals surface area contributed by atoms with Crippen molar-refractivity contribution < 1.29 is 9.47 Å². The number of ether oxygens (including phenoxy) is 2. The molecule has 0 fully saturated rings. The molecule has 0 saturated heterocycles. The zero-order valence-corrected chi connectivity index (χ0v) is 13.6. The minimum absolute atomic E-state index is 0.432. The Morgan fingerprint density at radius 3 is 2.58 bits per heavy atom. The second kappa shape index (κ2) is 7.56. The van der Waals surface area contributed by atoms with Crippen LogP contribution in [0.15, 0.2) is 22.2 Å². The van der Waals surface area contributed by atoms with Crippen LogP contribution in [-0.2, 0) is 0 Å². The van der Waals surface area contributed by atoms with Crippen LogP contribution in [0.3, 0.4) is 0 Å². The van der Waals surface area contributed by atoms with Crippen LogP contribution >= 0.6 is 15.9 Å². The highest BCUT2D eigenvalue weighted by Gasteiger charge is 2.11. The van der Waals surface area contributed by atoms with E-state index in [0.29, 0.717) is 19.1 Å². The Bertz CT molecular complexity index is 456. The average molecular weight is 328 g/mol. The molecule has 0 atom stereocenters. The van der Waals surface area contributed by atoms with E-state index in [1.165, 1.54) is 5.57 Å². The van der Waals surface area contributed by atoms with Gasteiger partial charge in [0, 0.05) is 6.54 Å². The number of hydrogen-bond donors (Lipinski definition) is 1. The number of rotatable bonds is 6. The summed E-state index contributed by atoms with van der Waals surface area (Å²) >= 11 is 3.51. The molecule has 0 saturated carbocycles. The second-order valence-electron chi connectivity index (χ2n) is 4.55. The third-order valence-corrected chi connectivity index (χ3v) is 3.45. The summed E-state index contributed by atoms with van der Waals surface area (Å²) in [6.07, 6.45) is 2.11. The zero-order valence-electron chi connectivity index (χ0n) is 12.0. The molecule has 1 aromatic rings. The molecule has 2 N–H and O–H groups in total. The summed E-state index contributed by atoms with van der Waals surface area (Å²) in [7, 11) is 1.64. The third-order valence-electron chi connectivity index (χ3n) is 2.87. The number of nitrogens with two attached hydrogens (primary N) is 1. The quantitative estimate of drug-likeness (QED) is 0.862. The van der Waals surface area contributed by atoms with E-state index in [9.17, 15) is 0 Å². The van der Waals surface area contributed by atoms with Crippen molar-refractivity contribution in [3.05, 3.63) is 27.7 Å². The molecule has 0 bridgehead atoms. The molecule has 0 unspecified atom stereocenters. The van der Waals surface area contributed by atoms with Gasteiger partial charge in [0.05, 0.1) is 18.2 Å². The molecule has 0 heterocycles. The second-order valence-corrected chi connectivity index (χ2v) is 5.40. The van der Waals surface area contributed by atoms with Gasteiger partial charge in [0.15, 0.2) is 11.5 Å². The fourth-order valence-corrected chi connectivity index (χ4v) is 2.43. The number of methoxy groups -OCH3 is 1. The van der Waals surface area contributed by atoms with Gasteiger partial charge in [-0.05, 0) is 46.5 Å². The Labute approximate surface area is 123 Å². The van der Waals surface area contributed by atoms with E-state index in [2.05, 4.69) is 35.9 Å². The van der Waals surface area contributed by atoms with Gasteiger partial charge in [-0.2, -0.15) is 0 Å². The topological polar surface area (TPSA) is 44.5 Å². The predicted octanol–water partition coefficient (Wildman–Crippen LogP) is 3.85. The lowest BCUT2D eigenvalue weighted by atomic mass is 10.0. The molecule has 0 radical (unpaired) electrons. The molecule has 0 aliphatic heterocycles. The fraction of sp³-hybridized carbons (Fsp3) is 0.467. The van der Waals surface area contributed by atoms with Crippen molar-refractivity contribution in [2.75, 3.05) is 20.3 Å². The van der Waals surface area contributed by atoms with E-state index in [-0.39, 0.29) is 0 Å². The Hall–Kier alpha value is -1.00. The molecule has 0 amide bonds. The Kier molecular flexibility index (Phi) is 6.38. The molecule has 106 valence electrons. The molecule has 0 aromatic heterocycles. The van der Waals surface area contributed by atoms with Crippen molar-refractivity contribution in [2.24, 2.45) is 11.7 Å². The van der Waals surface area contributed by atoms with Crippen LogP contribution in [-0.4, -0.2) is 20.3 Å². The summed E-state index contributed by atoms with van der Waals surface area (Å²) in [6.45, 7) is 7.39. The first-order chi connectivity index (χ1) is 9.03. The first kappa shape index (κ1) is 16.1. The van der Waals surface area contributed by atoms with Gasteiger partial charge in [-0.25, -0.2) is 0 Å². The van der Waals surface area contributed by atoms with Crippen molar-refractivity contribution >= 4 is 22.0 Å². The van der Waals surface area contributed by atoms with Crippen LogP contribution in [0.5, 0.6) is 11.5 Å². The van der Waals surface area contributed by atoms with Gasteiger partial charge in [0.25, 0.3) is 0 Å². The van der Waals surface area contributed by atoms with Crippen LogP contribution in [0, 0.1) is 5.92 Å². The normalized spacial score (nSPS) is 11.8. The minimum atomic E-state index is 0.432. The van der Waals surface area contributed by atoms with Gasteiger partial charge in [-0.3, -0.25) is 0 Å². The van der Waals surface area contributed by atoms with Crippen LogP contribution in [0.2, 0.25) is 0 Å². The lowest BCUT2D eigenvalue weighted by molar-refractivity contribution is 0.310. The fourth-order valence-electron chi connectivity index (χ4n) is 1.81. The lowest BCUT2D eigenvalue weighted by Gasteiger charge is -2.13. The first-order valence-corrected chi connectivity index (χ1v) is 7.23. The standard InChI is InChI=1S/C15H22BrNO2/c1-5-19-14-8-11(6-12(9-17)10(2)3)7-13(16)15(14)18-4/h6-8,10H,5,9,17H2,1-4H3. The largest absolute Gasteiger partial charge is 0.492 e. The van der Waals surface area contributed by atoms with Crippen LogP contribution in [0.25, 0.3) is 6.08 Å². The van der Waals surface area contributed by atoms with Crippen molar-refractivity contribution in [3.63, 3.8) is 0 Å². The molecule has 0 aliphatic rings. The lowest BCUT2D eigenvalue weighted by Crippen LogP contribution is -2.08. The summed E-state index contributed by atoms with van der Waals surface area (Å²) < 4.78 is 11.8. The van der Waals surface area contributed by atoms with Crippen LogP contribution in [0.1, 0.15) is 26.3 Å². The van der Waals surface area contributed by atoms with Gasteiger partial charge in [0.2, 0.25) is 0 Å². The maximum atomic E-state index is 5.78. The minimum Gasteiger partial charge on any atom is -0.492 e. The molecule has 1 rings (SSSR count). The summed E-state index contributed by atoms with van der Waals surface area (Å²) in [6, 6.07) is 3.99. The molecule has 0 spiro atoms. The molecule has 0 aliphatic carbocycles. The van der Waals surface area contributed by atoms with Crippen molar-refractivity contribution in [1.82, 2.24) is 0 Å². The highest BCUT2D eigenvalue weighted by Crippen LogP contribution is 2.37. The van der Waals surface area contributed by atoms with Gasteiger partial charge in [-0.1, -0.05) is 25.5 Å². The molecular formula is C15H22BrNO2. The van der Waals surface area contributed by atoms with Crippen molar-refractivity contribution in [3.8, 4) is 11.5 Å². The zero-order chi connectivity index (χ0) is 14.4. The van der Waals surface area contributed by atoms with Gasteiger partial charge in [0.1, 0.15) is 0 Å². The van der Waals surface area contributed by atoms with E-state index in [1.54, 1.807) is 7.11 Å². The van der Waals surface area contributed by atoms with E-state index >= 15 is 0 Å². The van der Waals surface area contributed by atoms with Crippen LogP contribution in [0.4, 0.5) is 0 Å². The molecular weight excluding hydrogens is 306 g/mol. The highest BCUT2D eigenvalue weighted by atomic mass is 79.9. The number of halogens is 1. The summed E-state index contributed by atoms with van der Waals surface area (Å²) in [4.78, 5) is 0. The molecule has 1 aromatic carbocycles. The highest BCUT2D eigenvalue weighted by molar-refractivity contribution is 9.10. The summed E-state index contributed by atoms with van der Waals surface area (Å²) in [5.74, 6) is 1.89. The molecule has 19 heavy (non-hydrogen) atoms. The number of benzene rings is 1. The van der Waals surface area contributed by atoms with Crippen molar-refractivity contribution in [1.29, 1.82) is 0 Å². The smallest absolute Gasteiger partial charge is 0.174 e. The summed E-state index contributed by atoms with van der Waals surface area (Å²) in [5.41, 5.74) is 8.04. The Balaban J connectivity index is 3.23. The van der Waals surface area contributed by atoms with E-state index < -0.39 is 0 Å². The molecule has 3 nitrogen and oxygen atoms in total. The monoisotopic (exact) mass is 327 g/mol. The van der Waals surface area contributed by atoms with E-state index in [0.717, 1.165) is 21.5 Å². The maximum absolute atomic E-state index is 5.78. The maximum Gasteiger partial charge on any atom is 0.174 e. The number of hydrogen-bond acceptors (Lipinski definition) is 3. The van der Waals surface area contributed by atoms with E-state index in [4.69, 9.17) is 15.2 Å². The van der Waals surface area contributed by atoms with Gasteiger partial charge >= 0.3 is 0 Å². The third kappa shape index (κ3) is 4.25. The van der Waals surface area contributed by atoms with Crippen LogP contribution < -0.4 is 15.2 Å². The Morgan fingerprint density at radius 2 is 2.11 bits per heavy atom. The summed E-state index contributed by atoms with van der Waals surface area (Å²) in [5, 5.41) is 0. The molecule has 4 heteroatoms. The Morgan fingerprint density at radius 1 is 1.42 bits per heavy atom. The van der Waals surface area contributed by atoms with Gasteiger partial charge < -0.3 is 15.2 Å². The first-order valence-electron chi connectivity index (χ1n) is 6.44. The predicted molar refractivity (Wildman–Crippen MR) is 83.7 cm³/mol.